The van der Waals surface area contributed by atoms with Crippen LogP contribution in [0.25, 0.3) is 22.3 Å². The van der Waals surface area contributed by atoms with Gasteiger partial charge in [-0.25, -0.2) is 13.1 Å². The molecule has 0 N–H and O–H groups in total. The smallest absolute Gasteiger partial charge is 0.267 e. The van der Waals surface area contributed by atoms with Gasteiger partial charge in [-0.2, -0.15) is 5.10 Å². The highest BCUT2D eigenvalue weighted by Gasteiger charge is 2.16. The van der Waals surface area contributed by atoms with Crippen LogP contribution >= 0.6 is 0 Å². The third-order valence-corrected chi connectivity index (χ3v) is 6.00. The topological polar surface area (TPSA) is 69.0 Å². The van der Waals surface area contributed by atoms with Crippen LogP contribution in [0.4, 0.5) is 0 Å². The molecule has 0 saturated carbocycles. The zero-order valence-electron chi connectivity index (χ0n) is 16.4. The van der Waals surface area contributed by atoms with Gasteiger partial charge >= 0.3 is 0 Å². The highest BCUT2D eigenvalue weighted by atomic mass is 32.2. The molecule has 3 aromatic carbocycles. The Labute approximate surface area is 175 Å². The van der Waals surface area contributed by atoms with Crippen LogP contribution < -0.4 is 5.56 Å². The van der Waals surface area contributed by atoms with E-state index >= 15 is 0 Å². The summed E-state index contributed by atoms with van der Waals surface area (Å²) >= 11 is 0. The number of aromatic nitrogens is 2. The second-order valence-electron chi connectivity index (χ2n) is 7.04. The normalized spacial score (nSPS) is 11.4. The molecule has 0 amide bonds. The standard InChI is InChI=1S/C24H20N2O3S/c1-30(28,29)21-14-12-19(13-15-21)22-16-25-26(17-18-8-4-2-5-9-18)24(27)23(22)20-10-6-3-7-11-20/h2-16H,17H2,1H3. The predicted molar refractivity (Wildman–Crippen MR) is 118 cm³/mol. The van der Waals surface area contributed by atoms with E-state index in [4.69, 9.17) is 0 Å². The zero-order valence-corrected chi connectivity index (χ0v) is 17.2. The van der Waals surface area contributed by atoms with Crippen molar-refractivity contribution < 1.29 is 8.42 Å². The van der Waals surface area contributed by atoms with E-state index in [9.17, 15) is 13.2 Å². The fraction of sp³-hybridized carbons (Fsp3) is 0.0833. The van der Waals surface area contributed by atoms with E-state index in [1.54, 1.807) is 30.5 Å². The molecule has 30 heavy (non-hydrogen) atoms. The Hall–Kier alpha value is -3.51. The van der Waals surface area contributed by atoms with Gasteiger partial charge in [0.1, 0.15) is 0 Å². The minimum atomic E-state index is -3.30. The first-order valence-corrected chi connectivity index (χ1v) is 11.3. The highest BCUT2D eigenvalue weighted by Crippen LogP contribution is 2.29. The molecule has 0 aliphatic rings. The highest BCUT2D eigenvalue weighted by molar-refractivity contribution is 7.90. The molecule has 0 aliphatic carbocycles. The van der Waals surface area contributed by atoms with Gasteiger partial charge in [-0.15, -0.1) is 0 Å². The van der Waals surface area contributed by atoms with E-state index in [0.717, 1.165) is 16.7 Å². The van der Waals surface area contributed by atoms with E-state index in [1.807, 2.05) is 60.7 Å². The summed E-state index contributed by atoms with van der Waals surface area (Å²) < 4.78 is 25.0. The number of hydrogen-bond acceptors (Lipinski definition) is 4. The summed E-state index contributed by atoms with van der Waals surface area (Å²) in [6.45, 7) is 0.368. The van der Waals surface area contributed by atoms with Gasteiger partial charge in [-0.1, -0.05) is 72.8 Å². The van der Waals surface area contributed by atoms with Gasteiger partial charge in [-0.05, 0) is 28.8 Å². The van der Waals surface area contributed by atoms with Crippen LogP contribution in [-0.2, 0) is 16.4 Å². The Kier molecular flexibility index (Phi) is 5.33. The molecule has 0 atom stereocenters. The van der Waals surface area contributed by atoms with Crippen molar-refractivity contribution in [3.63, 3.8) is 0 Å². The van der Waals surface area contributed by atoms with Crippen molar-refractivity contribution in [1.29, 1.82) is 0 Å². The summed E-state index contributed by atoms with van der Waals surface area (Å²) in [5.41, 5.74) is 3.50. The van der Waals surface area contributed by atoms with Crippen LogP contribution in [0.1, 0.15) is 5.56 Å². The lowest BCUT2D eigenvalue weighted by Crippen LogP contribution is -2.25. The number of hydrogen-bond donors (Lipinski definition) is 0. The molecule has 0 unspecified atom stereocenters. The molecule has 0 bridgehead atoms. The molecular formula is C24H20N2O3S. The summed E-state index contributed by atoms with van der Waals surface area (Å²) in [4.78, 5) is 13.6. The maximum absolute atomic E-state index is 13.4. The van der Waals surface area contributed by atoms with E-state index in [-0.39, 0.29) is 10.5 Å². The lowest BCUT2D eigenvalue weighted by molar-refractivity contribution is 0.602. The van der Waals surface area contributed by atoms with Gasteiger partial charge in [0.25, 0.3) is 5.56 Å². The van der Waals surface area contributed by atoms with Gasteiger partial charge in [0, 0.05) is 11.8 Å². The van der Waals surface area contributed by atoms with Crippen molar-refractivity contribution >= 4 is 9.84 Å². The van der Waals surface area contributed by atoms with Crippen molar-refractivity contribution in [1.82, 2.24) is 9.78 Å². The summed E-state index contributed by atoms with van der Waals surface area (Å²) in [5.74, 6) is 0. The summed E-state index contributed by atoms with van der Waals surface area (Å²) in [6.07, 6.45) is 2.84. The van der Waals surface area contributed by atoms with Gasteiger partial charge < -0.3 is 0 Å². The minimum Gasteiger partial charge on any atom is -0.267 e. The molecule has 150 valence electrons. The lowest BCUT2D eigenvalue weighted by atomic mass is 9.97. The second kappa shape index (κ2) is 8.08. The van der Waals surface area contributed by atoms with Crippen molar-refractivity contribution in [2.45, 2.75) is 11.4 Å². The predicted octanol–water partition coefficient (Wildman–Crippen LogP) is 4.03. The number of nitrogens with zero attached hydrogens (tertiary/aromatic N) is 2. The molecule has 5 nitrogen and oxygen atoms in total. The third-order valence-electron chi connectivity index (χ3n) is 4.87. The van der Waals surface area contributed by atoms with Crippen LogP contribution in [-0.4, -0.2) is 24.5 Å². The fourth-order valence-electron chi connectivity index (χ4n) is 3.34. The van der Waals surface area contributed by atoms with Gasteiger partial charge in [0.05, 0.1) is 23.2 Å². The van der Waals surface area contributed by atoms with Gasteiger partial charge in [0.2, 0.25) is 0 Å². The van der Waals surface area contributed by atoms with Gasteiger partial charge in [0.15, 0.2) is 9.84 Å². The Morgan fingerprint density at radius 3 is 2.00 bits per heavy atom. The number of rotatable bonds is 5. The molecule has 4 aromatic rings. The molecular weight excluding hydrogens is 396 g/mol. The first kappa shape index (κ1) is 19.8. The largest absolute Gasteiger partial charge is 0.275 e. The number of sulfone groups is 1. The molecule has 0 spiro atoms. The maximum atomic E-state index is 13.4. The lowest BCUT2D eigenvalue weighted by Gasteiger charge is -2.13. The Bertz CT molecular complexity index is 1330. The minimum absolute atomic E-state index is 0.199. The molecule has 0 radical (unpaired) electrons. The van der Waals surface area contributed by atoms with E-state index in [2.05, 4.69) is 5.10 Å². The molecule has 0 fully saturated rings. The average molecular weight is 417 g/mol. The quantitative estimate of drug-likeness (QED) is 0.493. The molecule has 1 heterocycles. The van der Waals surface area contributed by atoms with Crippen molar-refractivity contribution in [3.05, 3.63) is 107 Å². The maximum Gasteiger partial charge on any atom is 0.275 e. The molecule has 6 heteroatoms. The molecule has 4 rings (SSSR count). The molecule has 0 aliphatic heterocycles. The zero-order chi connectivity index (χ0) is 21.1. The summed E-state index contributed by atoms with van der Waals surface area (Å²) in [5, 5.41) is 4.39. The van der Waals surface area contributed by atoms with E-state index in [1.165, 1.54) is 10.9 Å². The SMILES string of the molecule is CS(=O)(=O)c1ccc(-c2cnn(Cc3ccccc3)c(=O)c2-c2ccccc2)cc1. The van der Waals surface area contributed by atoms with Crippen molar-refractivity contribution in [2.24, 2.45) is 0 Å². The van der Waals surface area contributed by atoms with Gasteiger partial charge in [-0.3, -0.25) is 4.79 Å². The molecule has 0 saturated heterocycles. The third kappa shape index (κ3) is 4.09. The van der Waals surface area contributed by atoms with E-state index in [0.29, 0.717) is 17.7 Å². The second-order valence-corrected chi connectivity index (χ2v) is 9.06. The summed E-state index contributed by atoms with van der Waals surface area (Å²) in [7, 11) is -3.30. The van der Waals surface area contributed by atoms with Crippen molar-refractivity contribution in [3.8, 4) is 22.3 Å². The van der Waals surface area contributed by atoms with Crippen LogP contribution in [0.2, 0.25) is 0 Å². The Morgan fingerprint density at radius 1 is 0.800 bits per heavy atom. The van der Waals surface area contributed by atoms with Crippen LogP contribution in [0, 0.1) is 0 Å². The Morgan fingerprint density at radius 2 is 1.40 bits per heavy atom. The van der Waals surface area contributed by atoms with Crippen molar-refractivity contribution in [2.75, 3.05) is 6.26 Å². The Balaban J connectivity index is 1.87. The summed E-state index contributed by atoms with van der Waals surface area (Å²) in [6, 6.07) is 25.6. The number of benzene rings is 3. The average Bonchev–Trinajstić information content (AvgIpc) is 2.76. The van der Waals surface area contributed by atoms with E-state index < -0.39 is 9.84 Å². The monoisotopic (exact) mass is 416 g/mol. The van der Waals surface area contributed by atoms with Crippen LogP contribution in [0.5, 0.6) is 0 Å². The van der Waals surface area contributed by atoms with Crippen LogP contribution in [0.15, 0.2) is 101 Å². The molecule has 1 aromatic heterocycles. The fourth-order valence-corrected chi connectivity index (χ4v) is 3.97. The van der Waals surface area contributed by atoms with Crippen LogP contribution in [0.3, 0.4) is 0 Å². The first-order valence-electron chi connectivity index (χ1n) is 9.43. The first-order chi connectivity index (χ1) is 14.4.